The number of aromatic nitrogens is 3. The lowest BCUT2D eigenvalue weighted by Gasteiger charge is -2.27. The van der Waals surface area contributed by atoms with E-state index in [1.54, 1.807) is 0 Å². The highest BCUT2D eigenvalue weighted by Gasteiger charge is 2.42. The number of rotatable bonds is 8. The van der Waals surface area contributed by atoms with Crippen molar-refractivity contribution in [3.63, 3.8) is 0 Å². The van der Waals surface area contributed by atoms with E-state index in [4.69, 9.17) is 8.92 Å². The van der Waals surface area contributed by atoms with Crippen molar-refractivity contribution in [2.24, 2.45) is 0 Å². The van der Waals surface area contributed by atoms with Crippen LogP contribution in [0.3, 0.4) is 0 Å². The summed E-state index contributed by atoms with van der Waals surface area (Å²) in [7, 11) is -3.77. The van der Waals surface area contributed by atoms with Crippen molar-refractivity contribution in [2.75, 3.05) is 12.8 Å². The number of ether oxygens (including phenoxy) is 1. The second kappa shape index (κ2) is 9.36. The summed E-state index contributed by atoms with van der Waals surface area (Å²) in [6.45, 7) is -0.250. The Bertz CT molecular complexity index is 1010. The Morgan fingerprint density at radius 3 is 2.71 bits per heavy atom. The maximum absolute atomic E-state index is 12.7. The third kappa shape index (κ3) is 6.19. The average molecular weight is 455 g/mol. The third-order valence-electron chi connectivity index (χ3n) is 4.67. The molecule has 3 rings (SSSR count). The molecule has 31 heavy (non-hydrogen) atoms. The van der Waals surface area contributed by atoms with Gasteiger partial charge in [0.05, 0.1) is 36.0 Å². The van der Waals surface area contributed by atoms with Gasteiger partial charge in [0.15, 0.2) is 0 Å². The molecule has 1 aliphatic heterocycles. The zero-order valence-electron chi connectivity index (χ0n) is 16.4. The van der Waals surface area contributed by atoms with Crippen LogP contribution in [0, 0.1) is 10.1 Å². The Morgan fingerprint density at radius 1 is 1.42 bits per heavy atom. The molecule has 1 saturated heterocycles. The van der Waals surface area contributed by atoms with E-state index in [9.17, 15) is 28.4 Å². The monoisotopic (exact) mass is 455 g/mol. The fourth-order valence-corrected chi connectivity index (χ4v) is 3.96. The molecule has 1 aromatic heterocycles. The van der Waals surface area contributed by atoms with Crippen molar-refractivity contribution in [2.45, 2.75) is 37.7 Å². The van der Waals surface area contributed by atoms with E-state index < -0.39 is 39.4 Å². The Labute approximate surface area is 177 Å². The van der Waals surface area contributed by atoms with E-state index in [1.165, 1.54) is 35.5 Å². The molecule has 0 spiro atoms. The number of carbonyl (C=O) groups is 1. The van der Waals surface area contributed by atoms with E-state index in [1.807, 2.05) is 0 Å². The van der Waals surface area contributed by atoms with E-state index in [0.717, 1.165) is 6.26 Å². The molecule has 3 atom stereocenters. The third-order valence-corrected chi connectivity index (χ3v) is 5.29. The van der Waals surface area contributed by atoms with Gasteiger partial charge in [0.2, 0.25) is 0 Å². The summed E-state index contributed by atoms with van der Waals surface area (Å²) in [5.41, 5.74) is 0.437. The van der Waals surface area contributed by atoms with Crippen LogP contribution < -0.4 is 0 Å². The highest BCUT2D eigenvalue weighted by Crippen LogP contribution is 2.26. The SMILES string of the molecule is CS(=O)(=O)O[C@@H]1C[C@@H](C(O)Cc2ncn[nH]2)N(C(=O)OCc2ccc([N+](=O)[O-])cc2)C1. The number of amides is 1. The number of hydrogen-bond acceptors (Lipinski definition) is 10. The number of nitro benzene ring substituents is 1. The largest absolute Gasteiger partial charge is 0.445 e. The number of likely N-dealkylation sites (tertiary alicyclic amines) is 1. The predicted molar refractivity (Wildman–Crippen MR) is 104 cm³/mol. The lowest BCUT2D eigenvalue weighted by Crippen LogP contribution is -2.44. The molecule has 0 bridgehead atoms. The highest BCUT2D eigenvalue weighted by molar-refractivity contribution is 7.86. The summed E-state index contributed by atoms with van der Waals surface area (Å²) in [6, 6.07) is 4.72. The summed E-state index contributed by atoms with van der Waals surface area (Å²) >= 11 is 0. The zero-order chi connectivity index (χ0) is 22.6. The fraction of sp³-hybridized carbons (Fsp3) is 0.471. The van der Waals surface area contributed by atoms with Crippen molar-refractivity contribution in [3.8, 4) is 0 Å². The van der Waals surface area contributed by atoms with Crippen molar-refractivity contribution in [1.82, 2.24) is 20.1 Å². The maximum atomic E-state index is 12.7. The van der Waals surface area contributed by atoms with Gasteiger partial charge < -0.3 is 9.84 Å². The van der Waals surface area contributed by atoms with E-state index >= 15 is 0 Å². The van der Waals surface area contributed by atoms with Crippen molar-refractivity contribution in [1.29, 1.82) is 0 Å². The summed E-state index contributed by atoms with van der Waals surface area (Å²) < 4.78 is 33.3. The Balaban J connectivity index is 1.67. The first-order valence-corrected chi connectivity index (χ1v) is 11.0. The van der Waals surface area contributed by atoms with Crippen LogP contribution in [0.5, 0.6) is 0 Å². The van der Waals surface area contributed by atoms with Gasteiger partial charge >= 0.3 is 6.09 Å². The standard InChI is InChI=1S/C17H21N5O8S/c1-31(27,28)30-13-6-14(15(23)7-16-18-10-19-20-16)21(8-13)17(24)29-9-11-2-4-12(5-3-11)22(25)26/h2-5,10,13-15,23H,6-9H2,1H3,(H,18,19,20)/t13-,14+,15?/m1/s1. The van der Waals surface area contributed by atoms with Gasteiger partial charge in [-0.15, -0.1) is 0 Å². The molecule has 2 aromatic rings. The molecule has 0 saturated carbocycles. The first-order chi connectivity index (χ1) is 14.6. The van der Waals surface area contributed by atoms with Gasteiger partial charge in [0.25, 0.3) is 15.8 Å². The molecular formula is C17H21N5O8S. The molecule has 1 unspecified atom stereocenters. The quantitative estimate of drug-likeness (QED) is 0.321. The Morgan fingerprint density at radius 2 is 2.13 bits per heavy atom. The van der Waals surface area contributed by atoms with E-state index in [0.29, 0.717) is 11.4 Å². The van der Waals surface area contributed by atoms with Crippen LogP contribution >= 0.6 is 0 Å². The number of aliphatic hydroxyl groups excluding tert-OH is 1. The van der Waals surface area contributed by atoms with Gasteiger partial charge in [0.1, 0.15) is 18.8 Å². The molecule has 2 N–H and O–H groups in total. The number of non-ortho nitro benzene ring substituents is 1. The average Bonchev–Trinajstić information content (AvgIpc) is 3.35. The van der Waals surface area contributed by atoms with Crippen LogP contribution in [0.15, 0.2) is 30.6 Å². The van der Waals surface area contributed by atoms with Crippen molar-refractivity contribution in [3.05, 3.63) is 52.1 Å². The normalized spacial score (nSPS) is 19.9. The number of nitrogens with one attached hydrogen (secondary N) is 1. The lowest BCUT2D eigenvalue weighted by molar-refractivity contribution is -0.384. The minimum absolute atomic E-state index is 0.0579. The number of nitrogens with zero attached hydrogens (tertiary/aromatic N) is 4. The number of aliphatic hydroxyl groups is 1. The first kappa shape index (κ1) is 22.6. The molecule has 1 amide bonds. The Kier molecular flexibility index (Phi) is 6.82. The number of nitro groups is 1. The smallest absolute Gasteiger partial charge is 0.410 e. The lowest BCUT2D eigenvalue weighted by atomic mass is 10.0. The van der Waals surface area contributed by atoms with Gasteiger partial charge in [0, 0.05) is 18.6 Å². The van der Waals surface area contributed by atoms with Crippen LogP contribution in [-0.4, -0.2) is 75.7 Å². The Hall–Kier alpha value is -3.10. The molecule has 1 aromatic carbocycles. The van der Waals surface area contributed by atoms with E-state index in [-0.39, 0.29) is 31.7 Å². The van der Waals surface area contributed by atoms with Crippen molar-refractivity contribution >= 4 is 21.9 Å². The number of aromatic amines is 1. The zero-order valence-corrected chi connectivity index (χ0v) is 17.3. The van der Waals surface area contributed by atoms with Crippen LogP contribution in [-0.2, 0) is 32.1 Å². The van der Waals surface area contributed by atoms with Crippen molar-refractivity contribution < 1.29 is 32.2 Å². The first-order valence-electron chi connectivity index (χ1n) is 9.19. The fourth-order valence-electron chi connectivity index (χ4n) is 3.32. The number of benzene rings is 1. The van der Waals surface area contributed by atoms with Crippen LogP contribution in [0.4, 0.5) is 10.5 Å². The highest BCUT2D eigenvalue weighted by atomic mass is 32.2. The number of H-pyrrole nitrogens is 1. The summed E-state index contributed by atoms with van der Waals surface area (Å²) in [5, 5.41) is 27.7. The predicted octanol–water partition coefficient (Wildman–Crippen LogP) is 0.372. The minimum Gasteiger partial charge on any atom is -0.445 e. The van der Waals surface area contributed by atoms with Gasteiger partial charge in [-0.3, -0.25) is 24.3 Å². The number of hydrogen-bond donors (Lipinski definition) is 2. The van der Waals surface area contributed by atoms with Gasteiger partial charge in [-0.1, -0.05) is 0 Å². The molecule has 13 nitrogen and oxygen atoms in total. The summed E-state index contributed by atoms with van der Waals surface area (Å²) in [5.74, 6) is 0.402. The summed E-state index contributed by atoms with van der Waals surface area (Å²) in [6.07, 6.45) is -0.369. The topological polar surface area (TPSA) is 178 Å². The molecule has 1 aliphatic rings. The van der Waals surface area contributed by atoms with Crippen LogP contribution in [0.2, 0.25) is 0 Å². The minimum atomic E-state index is -3.77. The van der Waals surface area contributed by atoms with Gasteiger partial charge in [-0.05, 0) is 24.1 Å². The molecule has 0 radical (unpaired) electrons. The van der Waals surface area contributed by atoms with Crippen LogP contribution in [0.25, 0.3) is 0 Å². The van der Waals surface area contributed by atoms with Crippen LogP contribution in [0.1, 0.15) is 17.8 Å². The second-order valence-electron chi connectivity index (χ2n) is 7.06. The molecule has 0 aliphatic carbocycles. The maximum Gasteiger partial charge on any atom is 0.410 e. The number of carbonyl (C=O) groups excluding carboxylic acids is 1. The molecule has 1 fully saturated rings. The van der Waals surface area contributed by atoms with Gasteiger partial charge in [-0.2, -0.15) is 13.5 Å². The molecule has 2 heterocycles. The van der Waals surface area contributed by atoms with Gasteiger partial charge in [-0.25, -0.2) is 9.78 Å². The molecular weight excluding hydrogens is 434 g/mol. The molecule has 14 heteroatoms. The van der Waals surface area contributed by atoms with E-state index in [2.05, 4.69) is 15.2 Å². The second-order valence-corrected chi connectivity index (χ2v) is 8.66. The summed E-state index contributed by atoms with van der Waals surface area (Å²) in [4.78, 5) is 28.0. The molecule has 168 valence electrons.